The summed E-state index contributed by atoms with van der Waals surface area (Å²) in [5.41, 5.74) is 10.4. The van der Waals surface area contributed by atoms with Gasteiger partial charge in [0.05, 0.1) is 16.8 Å². The number of aromatic nitrogens is 2. The summed E-state index contributed by atoms with van der Waals surface area (Å²) < 4.78 is 0. The van der Waals surface area contributed by atoms with E-state index in [1.54, 1.807) is 0 Å². The monoisotopic (exact) mass is 385 g/mol. The van der Waals surface area contributed by atoms with Crippen LogP contribution in [-0.2, 0) is 4.79 Å². The number of aromatic amines is 1. The quantitative estimate of drug-likeness (QED) is 0.313. The summed E-state index contributed by atoms with van der Waals surface area (Å²) in [5.74, 6) is 0.0266. The topological polar surface area (TPSA) is 81.8 Å². The third-order valence-electron chi connectivity index (χ3n) is 3.76. The smallest absolute Gasteiger partial charge is 0.248 e. The number of rotatable bonds is 4. The molecule has 1 amide bonds. The van der Waals surface area contributed by atoms with Crippen LogP contribution < -0.4 is 16.2 Å². The molecule has 0 aliphatic heterocycles. The molecule has 134 valence electrons. The average molecular weight is 386 g/mol. The molecule has 0 saturated heterocycles. The van der Waals surface area contributed by atoms with Gasteiger partial charge < -0.3 is 10.3 Å². The van der Waals surface area contributed by atoms with E-state index in [0.717, 1.165) is 16.7 Å². The van der Waals surface area contributed by atoms with Crippen molar-refractivity contribution in [1.29, 1.82) is 0 Å². The molecule has 0 radical (unpaired) electrons. The zero-order valence-electron chi connectivity index (χ0n) is 14.4. The van der Waals surface area contributed by atoms with Crippen LogP contribution >= 0.6 is 24.0 Å². The maximum Gasteiger partial charge on any atom is 0.248 e. The Balaban J connectivity index is 1.47. The van der Waals surface area contributed by atoms with Gasteiger partial charge in [-0.05, 0) is 61.5 Å². The molecule has 0 bridgehead atoms. The molecule has 26 heavy (non-hydrogen) atoms. The van der Waals surface area contributed by atoms with Crippen molar-refractivity contribution in [2.75, 3.05) is 11.1 Å². The lowest BCUT2D eigenvalue weighted by atomic mass is 10.1. The van der Waals surface area contributed by atoms with E-state index in [2.05, 4.69) is 46.1 Å². The molecule has 4 N–H and O–H groups in total. The third-order valence-corrected chi connectivity index (χ3v) is 4.84. The number of benzene rings is 2. The molecule has 0 fully saturated rings. The van der Waals surface area contributed by atoms with Gasteiger partial charge >= 0.3 is 0 Å². The average Bonchev–Trinajstić information content (AvgIpc) is 3.01. The fourth-order valence-electron chi connectivity index (χ4n) is 2.29. The number of nitrogens with one attached hydrogen (secondary N) is 4. The van der Waals surface area contributed by atoms with Crippen molar-refractivity contribution < 1.29 is 4.79 Å². The van der Waals surface area contributed by atoms with E-state index < -0.39 is 0 Å². The van der Waals surface area contributed by atoms with Gasteiger partial charge in [0.1, 0.15) is 0 Å². The summed E-state index contributed by atoms with van der Waals surface area (Å²) in [7, 11) is 0. The molecule has 0 aliphatic carbocycles. The second-order valence-corrected chi connectivity index (χ2v) is 7.15. The van der Waals surface area contributed by atoms with Crippen LogP contribution in [0.2, 0.25) is 0 Å². The molecule has 3 rings (SSSR count). The number of carbonyl (C=O) groups excluding carboxylic acids is 1. The molecule has 0 aliphatic rings. The van der Waals surface area contributed by atoms with Gasteiger partial charge in [0, 0.05) is 5.69 Å². The molecular formula is C18H19N5OS2. The maximum absolute atomic E-state index is 12.0. The fraction of sp³-hybridized carbons (Fsp3) is 0.167. The number of nitrogens with zero attached hydrogens (tertiary/aromatic N) is 1. The summed E-state index contributed by atoms with van der Waals surface area (Å²) in [5, 5.41) is 4.02. The van der Waals surface area contributed by atoms with Crippen molar-refractivity contribution in [3.05, 3.63) is 53.6 Å². The number of thiocarbonyl (C=S) groups is 1. The Kier molecular flexibility index (Phi) is 5.75. The highest BCUT2D eigenvalue weighted by Crippen LogP contribution is 2.22. The predicted octanol–water partition coefficient (Wildman–Crippen LogP) is 3.29. The number of para-hydroxylation sites is 1. The van der Waals surface area contributed by atoms with Crippen LogP contribution in [0.5, 0.6) is 0 Å². The van der Waals surface area contributed by atoms with E-state index in [1.807, 2.05) is 36.4 Å². The van der Waals surface area contributed by atoms with Crippen molar-refractivity contribution in [1.82, 2.24) is 20.8 Å². The number of thioether (sulfide) groups is 1. The number of aryl methyl sites for hydroxylation is 2. The molecule has 6 nitrogen and oxygen atoms in total. The maximum atomic E-state index is 12.0. The highest BCUT2D eigenvalue weighted by Gasteiger charge is 2.08. The van der Waals surface area contributed by atoms with E-state index in [-0.39, 0.29) is 11.7 Å². The van der Waals surface area contributed by atoms with Crippen LogP contribution in [0.3, 0.4) is 0 Å². The molecule has 0 unspecified atom stereocenters. The standard InChI is InChI=1S/C18H19N5OS2/c1-11-8-14-15(9-12(11)2)21-18(20-14)26-10-16(24)22-23-17(25)19-13-6-4-3-5-7-13/h3-9H,10H2,1-2H3,(H,20,21)(H,22,24)(H2,19,23,25). The van der Waals surface area contributed by atoms with Crippen molar-refractivity contribution in [2.24, 2.45) is 0 Å². The van der Waals surface area contributed by atoms with E-state index in [1.165, 1.54) is 22.9 Å². The number of hydrazine groups is 1. The van der Waals surface area contributed by atoms with Gasteiger partial charge in [0.15, 0.2) is 10.3 Å². The lowest BCUT2D eigenvalue weighted by Gasteiger charge is -2.11. The van der Waals surface area contributed by atoms with Gasteiger partial charge in [-0.3, -0.25) is 15.6 Å². The number of imidazole rings is 1. The lowest BCUT2D eigenvalue weighted by molar-refractivity contribution is -0.119. The highest BCUT2D eigenvalue weighted by atomic mass is 32.2. The normalized spacial score (nSPS) is 10.5. The van der Waals surface area contributed by atoms with Gasteiger partial charge in [-0.15, -0.1) is 0 Å². The van der Waals surface area contributed by atoms with Crippen molar-refractivity contribution in [3.8, 4) is 0 Å². The molecule has 2 aromatic carbocycles. The Morgan fingerprint density at radius 1 is 1.15 bits per heavy atom. The molecule has 0 spiro atoms. The second-order valence-electron chi connectivity index (χ2n) is 5.78. The largest absolute Gasteiger partial charge is 0.333 e. The van der Waals surface area contributed by atoms with E-state index in [9.17, 15) is 4.79 Å². The van der Waals surface area contributed by atoms with Gasteiger partial charge in [-0.2, -0.15) is 0 Å². The zero-order chi connectivity index (χ0) is 18.5. The second kappa shape index (κ2) is 8.20. The number of carbonyl (C=O) groups is 1. The molecule has 0 saturated carbocycles. The minimum Gasteiger partial charge on any atom is -0.333 e. The number of hydrogen-bond donors (Lipinski definition) is 4. The van der Waals surface area contributed by atoms with E-state index >= 15 is 0 Å². The van der Waals surface area contributed by atoms with Crippen molar-refractivity contribution in [3.63, 3.8) is 0 Å². The van der Waals surface area contributed by atoms with Crippen LogP contribution in [-0.4, -0.2) is 26.7 Å². The SMILES string of the molecule is Cc1cc2nc(SCC(=O)NNC(=S)Nc3ccccc3)[nH]c2cc1C. The summed E-state index contributed by atoms with van der Waals surface area (Å²) >= 11 is 6.48. The first-order valence-corrected chi connectivity index (χ1v) is 9.41. The number of anilines is 1. The predicted molar refractivity (Wildman–Crippen MR) is 110 cm³/mol. The summed E-state index contributed by atoms with van der Waals surface area (Å²) in [4.78, 5) is 19.7. The molecular weight excluding hydrogens is 366 g/mol. The minimum atomic E-state index is -0.194. The Morgan fingerprint density at radius 2 is 1.88 bits per heavy atom. The van der Waals surface area contributed by atoms with Gasteiger partial charge in [0.2, 0.25) is 5.91 Å². The van der Waals surface area contributed by atoms with Crippen molar-refractivity contribution in [2.45, 2.75) is 19.0 Å². The Bertz CT molecular complexity index is 900. The molecule has 1 heterocycles. The van der Waals surface area contributed by atoms with Gasteiger partial charge in [-0.25, -0.2) is 4.98 Å². The van der Waals surface area contributed by atoms with E-state index in [4.69, 9.17) is 12.2 Å². The van der Waals surface area contributed by atoms with Crippen LogP contribution in [0.1, 0.15) is 11.1 Å². The minimum absolute atomic E-state index is 0.194. The number of hydrogen-bond acceptors (Lipinski definition) is 4. The first kappa shape index (κ1) is 18.2. The summed E-state index contributed by atoms with van der Waals surface area (Å²) in [6.07, 6.45) is 0. The Morgan fingerprint density at radius 3 is 2.65 bits per heavy atom. The Hall–Kier alpha value is -2.58. The molecule has 8 heteroatoms. The molecule has 3 aromatic rings. The highest BCUT2D eigenvalue weighted by molar-refractivity contribution is 7.99. The first-order valence-electron chi connectivity index (χ1n) is 8.02. The Labute approximate surface area is 161 Å². The van der Waals surface area contributed by atoms with Gasteiger partial charge in [-0.1, -0.05) is 30.0 Å². The zero-order valence-corrected chi connectivity index (χ0v) is 16.1. The number of H-pyrrole nitrogens is 1. The van der Waals surface area contributed by atoms with Crippen LogP contribution in [0, 0.1) is 13.8 Å². The first-order chi connectivity index (χ1) is 12.5. The van der Waals surface area contributed by atoms with Crippen molar-refractivity contribution >= 4 is 51.7 Å². The third kappa shape index (κ3) is 4.74. The molecule has 0 atom stereocenters. The van der Waals surface area contributed by atoms with Crippen LogP contribution in [0.15, 0.2) is 47.6 Å². The van der Waals surface area contributed by atoms with Gasteiger partial charge in [0.25, 0.3) is 0 Å². The number of fused-ring (bicyclic) bond motifs is 1. The number of amides is 1. The fourth-order valence-corrected chi connectivity index (χ4v) is 3.15. The van der Waals surface area contributed by atoms with E-state index in [0.29, 0.717) is 10.3 Å². The summed E-state index contributed by atoms with van der Waals surface area (Å²) in [6.45, 7) is 4.12. The van der Waals surface area contributed by atoms with Crippen LogP contribution in [0.4, 0.5) is 5.69 Å². The van der Waals surface area contributed by atoms with Crippen LogP contribution in [0.25, 0.3) is 11.0 Å². The molecule has 1 aromatic heterocycles. The summed E-state index contributed by atoms with van der Waals surface area (Å²) in [6, 6.07) is 13.6. The lowest BCUT2D eigenvalue weighted by Crippen LogP contribution is -2.44.